The summed E-state index contributed by atoms with van der Waals surface area (Å²) in [6.07, 6.45) is -7.40. The van der Waals surface area contributed by atoms with Gasteiger partial charge in [0.2, 0.25) is 5.92 Å². The number of nitrogens with one attached hydrogen (secondary N) is 2. The first-order valence-corrected chi connectivity index (χ1v) is 16.9. The van der Waals surface area contributed by atoms with Crippen molar-refractivity contribution in [3.05, 3.63) is 47.2 Å². The molecule has 276 valence electrons. The monoisotopic (exact) mass is 720 g/mol. The van der Waals surface area contributed by atoms with Crippen molar-refractivity contribution in [3.8, 4) is 0 Å². The van der Waals surface area contributed by atoms with Gasteiger partial charge in [-0.3, -0.25) is 19.7 Å². The number of amides is 1. The zero-order chi connectivity index (χ0) is 36.0. The number of carbonyl (C=O) groups is 1. The predicted molar refractivity (Wildman–Crippen MR) is 163 cm³/mol. The summed E-state index contributed by atoms with van der Waals surface area (Å²) in [6.45, 7) is 0.342. The van der Waals surface area contributed by atoms with Crippen LogP contribution in [0.3, 0.4) is 0 Å². The fourth-order valence-corrected chi connectivity index (χ4v) is 7.20. The standard InChI is InChI=1S/C32H40F8N8O2/c1-2-47-25(7-10-42-47)29(50)44-27(18-5-8-30(33,34)9-6-18)24-16-48-26(43-24)13-20(15-46(22-3-4-22)17-31(35,36)37)23(45-48)12-19-11-21(32(38,39)40)14-41-28(19)49/h7,10,13,16,18-19,21-22,27-28,41,49H,2-6,8-9,11-12,14-15,17H2,1H3,(H,44,50)/t19-,21-,27+,28?/m1/s1. The van der Waals surface area contributed by atoms with Crippen LogP contribution in [0.5, 0.6) is 0 Å². The Morgan fingerprint density at radius 1 is 1.16 bits per heavy atom. The minimum absolute atomic E-state index is 0.0868. The quantitative estimate of drug-likeness (QED) is 0.227. The number of alkyl halides is 8. The number of halogens is 8. The molecule has 0 radical (unpaired) electrons. The molecule has 6 rings (SSSR count). The molecule has 1 saturated heterocycles. The van der Waals surface area contributed by atoms with Crippen LogP contribution in [0.15, 0.2) is 24.5 Å². The van der Waals surface area contributed by atoms with E-state index in [4.69, 9.17) is 0 Å². The van der Waals surface area contributed by atoms with E-state index < -0.39 is 73.7 Å². The second-order valence-electron chi connectivity index (χ2n) is 13.8. The number of carbonyl (C=O) groups excluding carboxylic acids is 1. The second kappa shape index (κ2) is 14.0. The molecule has 1 unspecified atom stereocenters. The van der Waals surface area contributed by atoms with Crippen LogP contribution in [0.4, 0.5) is 35.1 Å². The summed E-state index contributed by atoms with van der Waals surface area (Å²) in [5.41, 5.74) is 1.27. The maximum absolute atomic E-state index is 14.2. The molecule has 1 aliphatic heterocycles. The molecule has 0 spiro atoms. The molecule has 3 aromatic rings. The third-order valence-electron chi connectivity index (χ3n) is 10.1. The molecule has 3 N–H and O–H groups in total. The number of nitrogens with zero attached hydrogens (tertiary/aromatic N) is 6. The first kappa shape index (κ1) is 36.4. The molecule has 3 aromatic heterocycles. The van der Waals surface area contributed by atoms with Crippen molar-refractivity contribution in [2.24, 2.45) is 17.8 Å². The largest absolute Gasteiger partial charge is 0.401 e. The van der Waals surface area contributed by atoms with E-state index in [2.05, 4.69) is 25.8 Å². The smallest absolute Gasteiger partial charge is 0.378 e. The summed E-state index contributed by atoms with van der Waals surface area (Å²) in [5.74, 6) is -6.45. The second-order valence-corrected chi connectivity index (χ2v) is 13.8. The molecular weight excluding hydrogens is 680 g/mol. The van der Waals surface area contributed by atoms with E-state index in [9.17, 15) is 45.0 Å². The predicted octanol–water partition coefficient (Wildman–Crippen LogP) is 5.42. The number of piperidine rings is 1. The molecule has 4 atom stereocenters. The van der Waals surface area contributed by atoms with Crippen LogP contribution < -0.4 is 10.6 Å². The minimum atomic E-state index is -4.52. The summed E-state index contributed by atoms with van der Waals surface area (Å²) in [4.78, 5) is 19.4. The number of hydrogen-bond donors (Lipinski definition) is 3. The van der Waals surface area contributed by atoms with Gasteiger partial charge in [0.05, 0.1) is 36.1 Å². The van der Waals surface area contributed by atoms with Crippen molar-refractivity contribution >= 4 is 11.6 Å². The van der Waals surface area contributed by atoms with Crippen molar-refractivity contribution in [2.75, 3.05) is 13.1 Å². The van der Waals surface area contributed by atoms with E-state index in [1.165, 1.54) is 38.6 Å². The summed E-state index contributed by atoms with van der Waals surface area (Å²) in [5, 5.41) is 24.8. The maximum atomic E-state index is 14.2. The van der Waals surface area contributed by atoms with Gasteiger partial charge in [-0.1, -0.05) is 0 Å². The highest BCUT2D eigenvalue weighted by atomic mass is 19.4. The Labute approximate surface area is 282 Å². The average molecular weight is 721 g/mol. The van der Waals surface area contributed by atoms with Crippen LogP contribution in [0, 0.1) is 17.8 Å². The lowest BCUT2D eigenvalue weighted by molar-refractivity contribution is -0.190. The maximum Gasteiger partial charge on any atom is 0.401 e. The van der Waals surface area contributed by atoms with E-state index in [-0.39, 0.29) is 67.4 Å². The molecule has 2 aliphatic carbocycles. The molecule has 10 nitrogen and oxygen atoms in total. The van der Waals surface area contributed by atoms with Gasteiger partial charge in [-0.25, -0.2) is 18.3 Å². The summed E-state index contributed by atoms with van der Waals surface area (Å²) in [6, 6.07) is 1.89. The van der Waals surface area contributed by atoms with Crippen LogP contribution >= 0.6 is 0 Å². The third-order valence-corrected chi connectivity index (χ3v) is 10.1. The van der Waals surface area contributed by atoms with Gasteiger partial charge in [-0.15, -0.1) is 0 Å². The van der Waals surface area contributed by atoms with Gasteiger partial charge in [0.1, 0.15) is 11.9 Å². The SMILES string of the molecule is CCn1nccc1C(=O)N[C@H](c1cn2nc(C[C@H]3C[C@@H](C(F)(F)F)CNC3O)c(CN(CC(F)(F)F)C3CC3)cc2n1)C1CCC(F)(F)CC1. The van der Waals surface area contributed by atoms with Gasteiger partial charge in [0.15, 0.2) is 5.65 Å². The average Bonchev–Trinajstić information content (AvgIpc) is 3.62. The summed E-state index contributed by atoms with van der Waals surface area (Å²) < 4.78 is 113. The van der Waals surface area contributed by atoms with E-state index in [0.29, 0.717) is 24.9 Å². The Hall–Kier alpha value is -3.38. The topological polar surface area (TPSA) is 113 Å². The lowest BCUT2D eigenvalue weighted by Crippen LogP contribution is -2.50. The molecule has 3 aliphatic rings. The molecule has 2 saturated carbocycles. The van der Waals surface area contributed by atoms with Gasteiger partial charge in [-0.2, -0.15) is 36.5 Å². The van der Waals surface area contributed by atoms with Gasteiger partial charge in [-0.05, 0) is 69.1 Å². The lowest BCUT2D eigenvalue weighted by atomic mass is 9.81. The van der Waals surface area contributed by atoms with E-state index in [0.717, 1.165) is 0 Å². The van der Waals surface area contributed by atoms with Crippen LogP contribution in [-0.4, -0.2) is 83.9 Å². The van der Waals surface area contributed by atoms with Crippen molar-refractivity contribution in [1.82, 2.24) is 39.9 Å². The highest BCUT2D eigenvalue weighted by Gasteiger charge is 2.45. The Bertz CT molecular complexity index is 1640. The first-order chi connectivity index (χ1) is 23.5. The number of aliphatic hydroxyl groups excluding tert-OH is 1. The number of aryl methyl sites for hydroxylation is 1. The normalized spacial score (nSPS) is 24.2. The number of fused-ring (bicyclic) bond motifs is 1. The zero-order valence-corrected chi connectivity index (χ0v) is 27.3. The minimum Gasteiger partial charge on any atom is -0.378 e. The fourth-order valence-electron chi connectivity index (χ4n) is 7.20. The van der Waals surface area contributed by atoms with Crippen LogP contribution in [0.1, 0.15) is 85.4 Å². The number of rotatable bonds is 11. The van der Waals surface area contributed by atoms with Crippen LogP contribution in [-0.2, 0) is 19.5 Å². The highest BCUT2D eigenvalue weighted by Crippen LogP contribution is 2.42. The Morgan fingerprint density at radius 2 is 1.88 bits per heavy atom. The Kier molecular flexibility index (Phi) is 10.2. The molecule has 3 fully saturated rings. The number of aromatic nitrogens is 5. The van der Waals surface area contributed by atoms with Gasteiger partial charge < -0.3 is 10.4 Å². The van der Waals surface area contributed by atoms with Crippen LogP contribution in [0.2, 0.25) is 0 Å². The third kappa shape index (κ3) is 8.55. The molecule has 50 heavy (non-hydrogen) atoms. The van der Waals surface area contributed by atoms with Crippen molar-refractivity contribution in [3.63, 3.8) is 0 Å². The number of aliphatic hydroxyl groups is 1. The molecule has 18 heteroatoms. The highest BCUT2D eigenvalue weighted by molar-refractivity contribution is 5.92. The molecule has 4 heterocycles. The van der Waals surface area contributed by atoms with Gasteiger partial charge >= 0.3 is 12.4 Å². The van der Waals surface area contributed by atoms with Crippen molar-refractivity contribution in [2.45, 2.75) is 108 Å². The van der Waals surface area contributed by atoms with Gasteiger partial charge in [0.25, 0.3) is 5.91 Å². The number of imidazole rings is 1. The molecule has 0 bridgehead atoms. The summed E-state index contributed by atoms with van der Waals surface area (Å²) in [7, 11) is 0. The van der Waals surface area contributed by atoms with E-state index in [1.807, 2.05) is 0 Å². The zero-order valence-electron chi connectivity index (χ0n) is 27.3. The summed E-state index contributed by atoms with van der Waals surface area (Å²) >= 11 is 0. The van der Waals surface area contributed by atoms with Crippen molar-refractivity contribution < 1.29 is 45.0 Å². The molecular formula is C32H40F8N8O2. The molecule has 1 amide bonds. The fraction of sp³-hybridized carbons (Fsp3) is 0.688. The lowest BCUT2D eigenvalue weighted by Gasteiger charge is -2.35. The van der Waals surface area contributed by atoms with E-state index >= 15 is 0 Å². The Morgan fingerprint density at radius 3 is 2.52 bits per heavy atom. The molecule has 0 aromatic carbocycles. The van der Waals surface area contributed by atoms with Gasteiger partial charge in [0, 0.05) is 50.6 Å². The number of hydrogen-bond acceptors (Lipinski definition) is 7. The van der Waals surface area contributed by atoms with Crippen LogP contribution in [0.25, 0.3) is 5.65 Å². The first-order valence-electron chi connectivity index (χ1n) is 16.9. The van der Waals surface area contributed by atoms with Crippen molar-refractivity contribution in [1.29, 1.82) is 0 Å². The Balaban J connectivity index is 1.37. The van der Waals surface area contributed by atoms with E-state index in [1.54, 1.807) is 6.92 Å².